The fourth-order valence-corrected chi connectivity index (χ4v) is 3.12. The van der Waals surface area contributed by atoms with Crippen LogP contribution in [0.3, 0.4) is 0 Å². The molecule has 2 fully saturated rings. The van der Waals surface area contributed by atoms with E-state index in [-0.39, 0.29) is 0 Å². The van der Waals surface area contributed by atoms with Gasteiger partial charge in [-0.2, -0.15) is 0 Å². The summed E-state index contributed by atoms with van der Waals surface area (Å²) in [6.45, 7) is 4.56. The van der Waals surface area contributed by atoms with Gasteiger partial charge in [-0.15, -0.1) is 0 Å². The van der Waals surface area contributed by atoms with Gasteiger partial charge >= 0.3 is 0 Å². The van der Waals surface area contributed by atoms with Gasteiger partial charge in [-0.1, -0.05) is 0 Å². The molecule has 1 saturated heterocycles. The van der Waals surface area contributed by atoms with Gasteiger partial charge in [0.05, 0.1) is 11.5 Å². The van der Waals surface area contributed by atoms with E-state index < -0.39 is 9.84 Å². The second-order valence-corrected chi connectivity index (χ2v) is 6.94. The van der Waals surface area contributed by atoms with E-state index in [0.717, 1.165) is 25.6 Å². The molecule has 1 aliphatic carbocycles. The monoisotopic (exact) mass is 232 g/mol. The van der Waals surface area contributed by atoms with Gasteiger partial charge in [0.25, 0.3) is 0 Å². The smallest absolute Gasteiger partial charge is 0.152 e. The topological polar surface area (TPSA) is 49.4 Å². The van der Waals surface area contributed by atoms with Gasteiger partial charge in [-0.25, -0.2) is 8.42 Å². The zero-order chi connectivity index (χ0) is 10.7. The molecule has 0 amide bonds. The standard InChI is InChI=1S/C10H20N2O2S/c13-15(14)7-5-12(6-8-15)4-3-11-9-10-1-2-10/h10-11H,1-9H2. The van der Waals surface area contributed by atoms with Gasteiger partial charge < -0.3 is 10.2 Å². The highest BCUT2D eigenvalue weighted by molar-refractivity contribution is 7.91. The molecule has 0 radical (unpaired) electrons. The third-order valence-electron chi connectivity index (χ3n) is 3.17. The summed E-state index contributed by atoms with van der Waals surface area (Å²) in [5, 5.41) is 3.42. The third-order valence-corrected chi connectivity index (χ3v) is 4.78. The Kier molecular flexibility index (Phi) is 3.64. The summed E-state index contributed by atoms with van der Waals surface area (Å²) in [6, 6.07) is 0. The maximum atomic E-state index is 11.2. The molecule has 1 saturated carbocycles. The van der Waals surface area contributed by atoms with Crippen molar-refractivity contribution in [1.29, 1.82) is 0 Å². The first-order valence-corrected chi connectivity index (χ1v) is 7.61. The Labute approximate surface area is 91.9 Å². The lowest BCUT2D eigenvalue weighted by molar-refractivity contribution is 0.294. The molecule has 0 aromatic heterocycles. The second kappa shape index (κ2) is 4.80. The Bertz CT molecular complexity index is 285. The van der Waals surface area contributed by atoms with Crippen LogP contribution in [0.1, 0.15) is 12.8 Å². The molecule has 0 spiro atoms. The number of hydrogen-bond acceptors (Lipinski definition) is 4. The Morgan fingerprint density at radius 1 is 1.20 bits per heavy atom. The summed E-state index contributed by atoms with van der Waals surface area (Å²) >= 11 is 0. The van der Waals surface area contributed by atoms with E-state index in [1.54, 1.807) is 0 Å². The fraction of sp³-hybridized carbons (Fsp3) is 1.00. The van der Waals surface area contributed by atoms with Gasteiger partial charge in [0, 0.05) is 26.2 Å². The molecule has 15 heavy (non-hydrogen) atoms. The van der Waals surface area contributed by atoms with Crippen molar-refractivity contribution in [2.45, 2.75) is 12.8 Å². The van der Waals surface area contributed by atoms with E-state index in [2.05, 4.69) is 10.2 Å². The maximum absolute atomic E-state index is 11.2. The van der Waals surface area contributed by atoms with Crippen LogP contribution in [0.15, 0.2) is 0 Å². The molecule has 0 aromatic rings. The van der Waals surface area contributed by atoms with E-state index in [1.165, 1.54) is 12.8 Å². The highest BCUT2D eigenvalue weighted by Gasteiger charge is 2.22. The van der Waals surface area contributed by atoms with Crippen molar-refractivity contribution < 1.29 is 8.42 Å². The van der Waals surface area contributed by atoms with Crippen LogP contribution in [0.4, 0.5) is 0 Å². The Morgan fingerprint density at radius 3 is 2.47 bits per heavy atom. The van der Waals surface area contributed by atoms with E-state index in [1.807, 2.05) is 0 Å². The van der Waals surface area contributed by atoms with E-state index in [0.29, 0.717) is 24.6 Å². The molecule has 1 aliphatic heterocycles. The predicted molar refractivity (Wildman–Crippen MR) is 60.7 cm³/mol. The molecule has 0 aromatic carbocycles. The van der Waals surface area contributed by atoms with Crippen molar-refractivity contribution in [3.05, 3.63) is 0 Å². The van der Waals surface area contributed by atoms with Crippen LogP contribution in [0, 0.1) is 5.92 Å². The molecular weight excluding hydrogens is 212 g/mol. The second-order valence-electron chi connectivity index (χ2n) is 4.64. The fourth-order valence-electron chi connectivity index (χ4n) is 1.84. The highest BCUT2D eigenvalue weighted by atomic mass is 32.2. The zero-order valence-electron chi connectivity index (χ0n) is 9.11. The summed E-state index contributed by atoms with van der Waals surface area (Å²) in [7, 11) is -2.71. The molecule has 2 aliphatic rings. The van der Waals surface area contributed by atoms with Crippen molar-refractivity contribution in [2.75, 3.05) is 44.2 Å². The van der Waals surface area contributed by atoms with E-state index >= 15 is 0 Å². The molecule has 0 bridgehead atoms. The predicted octanol–water partition coefficient (Wildman–Crippen LogP) is -0.284. The van der Waals surface area contributed by atoms with E-state index in [4.69, 9.17) is 0 Å². The molecular formula is C10H20N2O2S. The summed E-state index contributed by atoms with van der Waals surface area (Å²) in [5.41, 5.74) is 0. The zero-order valence-corrected chi connectivity index (χ0v) is 9.93. The van der Waals surface area contributed by atoms with Gasteiger partial charge in [0.1, 0.15) is 0 Å². The van der Waals surface area contributed by atoms with Crippen LogP contribution in [-0.4, -0.2) is 57.5 Å². The van der Waals surface area contributed by atoms with Crippen LogP contribution in [0.5, 0.6) is 0 Å². The summed E-state index contributed by atoms with van der Waals surface area (Å²) in [4.78, 5) is 2.24. The number of hydrogen-bond donors (Lipinski definition) is 1. The normalized spacial score (nSPS) is 26.7. The Morgan fingerprint density at radius 2 is 1.87 bits per heavy atom. The first-order valence-electron chi connectivity index (χ1n) is 5.79. The summed E-state index contributed by atoms with van der Waals surface area (Å²) < 4.78 is 22.4. The third kappa shape index (κ3) is 4.09. The molecule has 2 rings (SSSR count). The van der Waals surface area contributed by atoms with Crippen molar-refractivity contribution in [3.8, 4) is 0 Å². The molecule has 5 heteroatoms. The molecule has 88 valence electrons. The number of nitrogens with zero attached hydrogens (tertiary/aromatic N) is 1. The lowest BCUT2D eigenvalue weighted by Crippen LogP contribution is -2.43. The average Bonchev–Trinajstić information content (AvgIpc) is 2.98. The minimum absolute atomic E-state index is 0.343. The van der Waals surface area contributed by atoms with Gasteiger partial charge in [0.15, 0.2) is 9.84 Å². The molecule has 1 heterocycles. The average molecular weight is 232 g/mol. The minimum Gasteiger partial charge on any atom is -0.315 e. The first kappa shape index (κ1) is 11.4. The van der Waals surface area contributed by atoms with Crippen molar-refractivity contribution in [2.24, 2.45) is 5.92 Å². The largest absolute Gasteiger partial charge is 0.315 e. The van der Waals surface area contributed by atoms with Crippen molar-refractivity contribution >= 4 is 9.84 Å². The Balaban J connectivity index is 1.55. The van der Waals surface area contributed by atoms with Crippen LogP contribution in [0.25, 0.3) is 0 Å². The van der Waals surface area contributed by atoms with Crippen LogP contribution in [0.2, 0.25) is 0 Å². The van der Waals surface area contributed by atoms with Crippen LogP contribution < -0.4 is 5.32 Å². The maximum Gasteiger partial charge on any atom is 0.152 e. The summed E-state index contributed by atoms with van der Waals surface area (Å²) in [5.74, 6) is 1.61. The number of rotatable bonds is 5. The lowest BCUT2D eigenvalue weighted by atomic mass is 10.4. The Hall–Kier alpha value is -0.130. The van der Waals surface area contributed by atoms with Crippen LogP contribution >= 0.6 is 0 Å². The minimum atomic E-state index is -2.71. The van der Waals surface area contributed by atoms with Crippen molar-refractivity contribution in [1.82, 2.24) is 10.2 Å². The number of nitrogens with one attached hydrogen (secondary N) is 1. The molecule has 0 unspecified atom stereocenters. The summed E-state index contributed by atoms with van der Waals surface area (Å²) in [6.07, 6.45) is 2.77. The van der Waals surface area contributed by atoms with Gasteiger partial charge in [-0.3, -0.25) is 0 Å². The van der Waals surface area contributed by atoms with Gasteiger partial charge in [0.2, 0.25) is 0 Å². The molecule has 1 N–H and O–H groups in total. The molecule has 0 atom stereocenters. The van der Waals surface area contributed by atoms with Crippen LogP contribution in [-0.2, 0) is 9.84 Å². The SMILES string of the molecule is O=S1(=O)CCN(CCNCC2CC2)CC1. The van der Waals surface area contributed by atoms with Gasteiger partial charge in [-0.05, 0) is 25.3 Å². The van der Waals surface area contributed by atoms with E-state index in [9.17, 15) is 8.42 Å². The number of sulfone groups is 1. The molecule has 4 nitrogen and oxygen atoms in total. The highest BCUT2D eigenvalue weighted by Crippen LogP contribution is 2.27. The van der Waals surface area contributed by atoms with Crippen molar-refractivity contribution in [3.63, 3.8) is 0 Å². The first-order chi connectivity index (χ1) is 7.16. The quantitative estimate of drug-likeness (QED) is 0.662. The lowest BCUT2D eigenvalue weighted by Gasteiger charge is -2.26.